The zero-order valence-electron chi connectivity index (χ0n) is 9.43. The fraction of sp³-hybridized carbons (Fsp3) is 0.727. The molecule has 1 saturated carbocycles. The van der Waals surface area contributed by atoms with E-state index < -0.39 is 0 Å². The summed E-state index contributed by atoms with van der Waals surface area (Å²) in [6.07, 6.45) is 6.36. The van der Waals surface area contributed by atoms with Crippen LogP contribution in [0.3, 0.4) is 0 Å². The lowest BCUT2D eigenvalue weighted by molar-refractivity contribution is 0.0865. The zero-order valence-corrected chi connectivity index (χ0v) is 9.43. The normalized spacial score (nSPS) is 15.6. The quantitative estimate of drug-likeness (QED) is 0.618. The van der Waals surface area contributed by atoms with Crippen LogP contribution in [0.4, 0.5) is 0 Å². The maximum atomic E-state index is 8.58. The predicted octanol–water partition coefficient (Wildman–Crippen LogP) is 0.144. The third-order valence-electron chi connectivity index (χ3n) is 2.64. The molecule has 2 rings (SSSR count). The van der Waals surface area contributed by atoms with E-state index in [4.69, 9.17) is 9.84 Å². The van der Waals surface area contributed by atoms with Crippen molar-refractivity contribution in [2.75, 3.05) is 19.8 Å². The number of rotatable bonds is 8. The number of ether oxygens (including phenoxy) is 1. The molecule has 0 radical (unpaired) electrons. The molecule has 1 aromatic heterocycles. The fourth-order valence-corrected chi connectivity index (χ4v) is 1.56. The molecule has 0 unspecified atom stereocenters. The molecular formula is C11H19N3O2. The number of imidazole rings is 1. The van der Waals surface area contributed by atoms with Crippen molar-refractivity contribution in [2.24, 2.45) is 0 Å². The predicted molar refractivity (Wildman–Crippen MR) is 60.0 cm³/mol. The minimum absolute atomic E-state index is 0.0834. The first kappa shape index (κ1) is 11.6. The van der Waals surface area contributed by atoms with E-state index in [0.29, 0.717) is 19.3 Å². The number of hydrogen-bond acceptors (Lipinski definition) is 4. The minimum Gasteiger partial charge on any atom is -0.394 e. The van der Waals surface area contributed by atoms with Gasteiger partial charge in [-0.25, -0.2) is 4.98 Å². The van der Waals surface area contributed by atoms with Crippen molar-refractivity contribution in [3.63, 3.8) is 0 Å². The van der Waals surface area contributed by atoms with Crippen LogP contribution >= 0.6 is 0 Å². The number of aliphatic hydroxyl groups is 1. The SMILES string of the molecule is OCCOCCn1ccnc1CNC1CC1. The zero-order chi connectivity index (χ0) is 11.2. The third-order valence-corrected chi connectivity index (χ3v) is 2.64. The highest BCUT2D eigenvalue weighted by Crippen LogP contribution is 2.18. The molecule has 0 amide bonds. The van der Waals surface area contributed by atoms with Gasteiger partial charge in [-0.3, -0.25) is 0 Å². The summed E-state index contributed by atoms with van der Waals surface area (Å²) >= 11 is 0. The molecule has 1 aliphatic rings. The van der Waals surface area contributed by atoms with Gasteiger partial charge in [0.25, 0.3) is 0 Å². The molecule has 16 heavy (non-hydrogen) atoms. The first-order chi connectivity index (χ1) is 7.90. The number of aliphatic hydroxyl groups excluding tert-OH is 1. The van der Waals surface area contributed by atoms with E-state index >= 15 is 0 Å². The van der Waals surface area contributed by atoms with E-state index in [1.165, 1.54) is 12.8 Å². The Labute approximate surface area is 95.4 Å². The summed E-state index contributed by atoms with van der Waals surface area (Å²) in [7, 11) is 0. The highest BCUT2D eigenvalue weighted by molar-refractivity contribution is 4.94. The second-order valence-corrected chi connectivity index (χ2v) is 4.03. The lowest BCUT2D eigenvalue weighted by Gasteiger charge is -2.08. The Morgan fingerprint density at radius 1 is 1.50 bits per heavy atom. The van der Waals surface area contributed by atoms with Crippen LogP contribution < -0.4 is 5.32 Å². The number of nitrogens with zero attached hydrogens (tertiary/aromatic N) is 2. The Hall–Kier alpha value is -0.910. The standard InChI is InChI=1S/C11H19N3O2/c15-6-8-16-7-5-14-4-3-12-11(14)9-13-10-1-2-10/h3-4,10,13,15H,1-2,5-9H2. The summed E-state index contributed by atoms with van der Waals surface area (Å²) < 4.78 is 7.32. The van der Waals surface area contributed by atoms with Crippen LogP contribution in [0.1, 0.15) is 18.7 Å². The van der Waals surface area contributed by atoms with E-state index in [9.17, 15) is 0 Å². The van der Waals surface area contributed by atoms with E-state index in [-0.39, 0.29) is 6.61 Å². The van der Waals surface area contributed by atoms with Crippen LogP contribution in [0, 0.1) is 0 Å². The molecule has 5 heteroatoms. The van der Waals surface area contributed by atoms with Gasteiger partial charge in [-0.05, 0) is 12.8 Å². The van der Waals surface area contributed by atoms with Crippen molar-refractivity contribution in [2.45, 2.75) is 32.0 Å². The largest absolute Gasteiger partial charge is 0.394 e. The molecule has 2 N–H and O–H groups in total. The van der Waals surface area contributed by atoms with Gasteiger partial charge in [-0.1, -0.05) is 0 Å². The van der Waals surface area contributed by atoms with Gasteiger partial charge in [-0.2, -0.15) is 0 Å². The van der Waals surface area contributed by atoms with Crippen molar-refractivity contribution >= 4 is 0 Å². The first-order valence-corrected chi connectivity index (χ1v) is 5.82. The second-order valence-electron chi connectivity index (χ2n) is 4.03. The van der Waals surface area contributed by atoms with Crippen molar-refractivity contribution < 1.29 is 9.84 Å². The molecule has 0 spiro atoms. The van der Waals surface area contributed by atoms with Gasteiger partial charge in [0.15, 0.2) is 0 Å². The number of nitrogens with one attached hydrogen (secondary N) is 1. The van der Waals surface area contributed by atoms with Gasteiger partial charge in [0.1, 0.15) is 5.82 Å². The van der Waals surface area contributed by atoms with Crippen molar-refractivity contribution in [3.05, 3.63) is 18.2 Å². The van der Waals surface area contributed by atoms with E-state index in [1.54, 1.807) is 0 Å². The van der Waals surface area contributed by atoms with Crippen molar-refractivity contribution in [1.82, 2.24) is 14.9 Å². The Kier molecular flexibility index (Phi) is 4.33. The van der Waals surface area contributed by atoms with Crippen LogP contribution in [0.5, 0.6) is 0 Å². The Morgan fingerprint density at radius 2 is 2.38 bits per heavy atom. The average Bonchev–Trinajstić information content (AvgIpc) is 3.02. The summed E-state index contributed by atoms with van der Waals surface area (Å²) in [5.74, 6) is 1.06. The van der Waals surface area contributed by atoms with Gasteiger partial charge in [0.2, 0.25) is 0 Å². The molecule has 1 aliphatic carbocycles. The maximum Gasteiger partial charge on any atom is 0.122 e. The molecule has 0 aliphatic heterocycles. The Morgan fingerprint density at radius 3 is 3.12 bits per heavy atom. The van der Waals surface area contributed by atoms with E-state index in [2.05, 4.69) is 14.9 Å². The summed E-state index contributed by atoms with van der Waals surface area (Å²) in [6.45, 7) is 2.73. The lowest BCUT2D eigenvalue weighted by Crippen LogP contribution is -2.20. The van der Waals surface area contributed by atoms with Crippen LogP contribution in [-0.4, -0.2) is 40.5 Å². The van der Waals surface area contributed by atoms with Crippen molar-refractivity contribution in [1.29, 1.82) is 0 Å². The fourth-order valence-electron chi connectivity index (χ4n) is 1.56. The van der Waals surface area contributed by atoms with Crippen LogP contribution in [0.15, 0.2) is 12.4 Å². The highest BCUT2D eigenvalue weighted by atomic mass is 16.5. The average molecular weight is 225 g/mol. The van der Waals surface area contributed by atoms with Crippen molar-refractivity contribution in [3.8, 4) is 0 Å². The highest BCUT2D eigenvalue weighted by Gasteiger charge is 2.20. The van der Waals surface area contributed by atoms with Gasteiger partial charge >= 0.3 is 0 Å². The summed E-state index contributed by atoms with van der Waals surface area (Å²) in [5, 5.41) is 12.0. The summed E-state index contributed by atoms with van der Waals surface area (Å²) in [6, 6.07) is 0.704. The smallest absolute Gasteiger partial charge is 0.122 e. The van der Waals surface area contributed by atoms with E-state index in [0.717, 1.165) is 18.9 Å². The number of aromatic nitrogens is 2. The first-order valence-electron chi connectivity index (χ1n) is 5.82. The lowest BCUT2D eigenvalue weighted by atomic mass is 10.5. The maximum absolute atomic E-state index is 8.58. The van der Waals surface area contributed by atoms with Crippen LogP contribution in [0.2, 0.25) is 0 Å². The van der Waals surface area contributed by atoms with Gasteiger partial charge in [-0.15, -0.1) is 0 Å². The number of hydrogen-bond donors (Lipinski definition) is 2. The molecule has 1 heterocycles. The van der Waals surface area contributed by atoms with Crippen LogP contribution in [0.25, 0.3) is 0 Å². The molecule has 1 aromatic rings. The molecule has 5 nitrogen and oxygen atoms in total. The van der Waals surface area contributed by atoms with Gasteiger partial charge < -0.3 is 19.7 Å². The molecule has 0 saturated heterocycles. The summed E-state index contributed by atoms with van der Waals surface area (Å²) in [5.41, 5.74) is 0. The monoisotopic (exact) mass is 225 g/mol. The van der Waals surface area contributed by atoms with Crippen LogP contribution in [-0.2, 0) is 17.8 Å². The molecule has 1 fully saturated rings. The third kappa shape index (κ3) is 3.59. The van der Waals surface area contributed by atoms with Gasteiger partial charge in [0.05, 0.1) is 26.4 Å². The molecule has 90 valence electrons. The Balaban J connectivity index is 1.71. The van der Waals surface area contributed by atoms with E-state index in [1.807, 2.05) is 12.4 Å². The molecular weight excluding hydrogens is 206 g/mol. The van der Waals surface area contributed by atoms with Gasteiger partial charge in [0, 0.05) is 25.0 Å². The Bertz CT molecular complexity index is 310. The molecule has 0 atom stereocenters. The molecule has 0 bridgehead atoms. The molecule has 0 aromatic carbocycles. The topological polar surface area (TPSA) is 59.3 Å². The minimum atomic E-state index is 0.0834. The summed E-state index contributed by atoms with van der Waals surface area (Å²) in [4.78, 5) is 4.31. The second kappa shape index (κ2) is 5.98.